The fraction of sp³-hybridized carbons (Fsp3) is 0. The van der Waals surface area contributed by atoms with Gasteiger partial charge < -0.3 is 26.1 Å². The van der Waals surface area contributed by atoms with Crippen LogP contribution in [0.3, 0.4) is 0 Å². The first-order valence-electron chi connectivity index (χ1n) is 0.926. The summed E-state index contributed by atoms with van der Waals surface area (Å²) >= 11 is -8.03. The molecule has 0 aromatic heterocycles. The van der Waals surface area contributed by atoms with Crippen LogP contribution in [0.15, 0.2) is 0 Å². The zero-order valence-corrected chi connectivity index (χ0v) is 10.9. The van der Waals surface area contributed by atoms with Gasteiger partial charge in [0, 0.05) is 0 Å². The Kier molecular flexibility index (Phi) is 40.0. The summed E-state index contributed by atoms with van der Waals surface area (Å²) in [5.74, 6) is 0. The molecule has 0 aliphatic rings. The van der Waals surface area contributed by atoms with Gasteiger partial charge in [-0.3, -0.25) is 0 Å². The van der Waals surface area contributed by atoms with E-state index in [1.807, 2.05) is 0 Å². The standard InChI is InChI=1S/Ca.2IO3.H2O/c;2*2-1(3)4;/h;;;1H2/q+2;2*-1;. The van der Waals surface area contributed by atoms with E-state index in [1.54, 1.807) is 0 Å². The first-order valence-corrected chi connectivity index (χ1v) is 6.21. The Morgan fingerprint density at radius 1 is 0.600 bits per heavy atom. The Labute approximate surface area is 104 Å². The molecule has 10 heteroatoms. The maximum absolute atomic E-state index is 8.57. The zero-order chi connectivity index (χ0) is 7.15. The molecule has 0 amide bonds. The van der Waals surface area contributed by atoms with E-state index in [1.165, 1.54) is 0 Å². The van der Waals surface area contributed by atoms with Crippen molar-refractivity contribution < 1.29 is 68.2 Å². The van der Waals surface area contributed by atoms with Gasteiger partial charge in [-0.2, -0.15) is 0 Å². The summed E-state index contributed by atoms with van der Waals surface area (Å²) in [6.45, 7) is 0. The molecule has 0 aromatic rings. The van der Waals surface area contributed by atoms with Crippen LogP contribution in [-0.2, 0) is 0 Å². The van der Waals surface area contributed by atoms with Gasteiger partial charge in [0.1, 0.15) is 0 Å². The predicted molar refractivity (Wildman–Crippen MR) is 9.37 cm³/mol. The molecular weight excluding hydrogens is 406 g/mol. The Hall–Kier alpha value is 2.44. The summed E-state index contributed by atoms with van der Waals surface area (Å²) in [7, 11) is 0. The van der Waals surface area contributed by atoms with Gasteiger partial charge in [0.15, 0.2) is 0 Å². The van der Waals surface area contributed by atoms with Crippen LogP contribution in [0, 0.1) is 0 Å². The van der Waals surface area contributed by atoms with Crippen LogP contribution in [0.4, 0.5) is 0 Å². The van der Waals surface area contributed by atoms with E-state index in [-0.39, 0.29) is 43.2 Å². The van der Waals surface area contributed by atoms with Crippen LogP contribution in [0.5, 0.6) is 0 Å². The van der Waals surface area contributed by atoms with Crippen LogP contribution in [-0.4, -0.2) is 43.2 Å². The minimum Gasteiger partial charge on any atom is -0.427 e. The Morgan fingerprint density at radius 3 is 0.600 bits per heavy atom. The molecule has 0 radical (unpaired) electrons. The average Bonchev–Trinajstić information content (AvgIpc) is 1.25. The molecule has 0 rings (SSSR count). The predicted octanol–water partition coefficient (Wildman–Crippen LogP) is -14.3. The number of hydrogen-bond acceptors (Lipinski definition) is 6. The van der Waals surface area contributed by atoms with Crippen molar-refractivity contribution in [3.05, 3.63) is 0 Å². The molecule has 0 aliphatic carbocycles. The fourth-order valence-electron chi connectivity index (χ4n) is 0. The van der Waals surface area contributed by atoms with Crippen molar-refractivity contribution in [1.29, 1.82) is 0 Å². The summed E-state index contributed by atoms with van der Waals surface area (Å²) in [6, 6.07) is 0. The van der Waals surface area contributed by atoms with Gasteiger partial charge in [0.05, 0.1) is 0 Å². The van der Waals surface area contributed by atoms with Crippen molar-refractivity contribution in [3.63, 3.8) is 0 Å². The van der Waals surface area contributed by atoms with Crippen molar-refractivity contribution in [2.45, 2.75) is 0 Å². The van der Waals surface area contributed by atoms with Crippen LogP contribution >= 0.6 is 0 Å². The molecule has 0 fully saturated rings. The van der Waals surface area contributed by atoms with Gasteiger partial charge in [0.25, 0.3) is 42.1 Å². The molecule has 0 heterocycles. The smallest absolute Gasteiger partial charge is 0.427 e. The third-order valence-corrected chi connectivity index (χ3v) is 0. The zero-order valence-electron chi connectivity index (χ0n) is 4.41. The molecule has 0 aromatic carbocycles. The second-order valence-electron chi connectivity index (χ2n) is 0.378. The van der Waals surface area contributed by atoms with Crippen molar-refractivity contribution in [2.24, 2.45) is 0 Å². The Bertz CT molecular complexity index is 27.1. The van der Waals surface area contributed by atoms with E-state index in [2.05, 4.69) is 0 Å². The molecule has 0 saturated carbocycles. The van der Waals surface area contributed by atoms with Crippen molar-refractivity contribution in [3.8, 4) is 0 Å². The molecule has 10 heavy (non-hydrogen) atoms. The molecule has 7 nitrogen and oxygen atoms in total. The molecule has 0 unspecified atom stereocenters. The monoisotopic (exact) mass is 408 g/mol. The third-order valence-electron chi connectivity index (χ3n) is 0. The maximum atomic E-state index is 8.57. The Morgan fingerprint density at radius 2 is 0.600 bits per heavy atom. The van der Waals surface area contributed by atoms with E-state index in [0.717, 1.165) is 0 Å². The molecular formula is H2CaI2O7. The molecule has 2 N–H and O–H groups in total. The summed E-state index contributed by atoms with van der Waals surface area (Å²) in [4.78, 5) is 0. The van der Waals surface area contributed by atoms with E-state index in [9.17, 15) is 0 Å². The first kappa shape index (κ1) is 22.9. The largest absolute Gasteiger partial charge is 2.00 e. The number of hydrogen-bond donors (Lipinski definition) is 0. The molecule has 0 bridgehead atoms. The average molecular weight is 408 g/mol. The van der Waals surface area contributed by atoms with E-state index in [4.69, 9.17) is 20.6 Å². The second kappa shape index (κ2) is 17.5. The third kappa shape index (κ3) is 156. The summed E-state index contributed by atoms with van der Waals surface area (Å²) in [6.07, 6.45) is 0. The maximum Gasteiger partial charge on any atom is 2.00 e. The van der Waals surface area contributed by atoms with Gasteiger partial charge in [0.2, 0.25) is 0 Å². The van der Waals surface area contributed by atoms with Gasteiger partial charge in [-0.25, -0.2) is 0 Å². The number of halogens is 2. The van der Waals surface area contributed by atoms with Crippen LogP contribution < -0.4 is 62.7 Å². The van der Waals surface area contributed by atoms with Crippen molar-refractivity contribution in [2.75, 3.05) is 0 Å². The van der Waals surface area contributed by atoms with Gasteiger partial charge in [-0.05, 0) is 0 Å². The van der Waals surface area contributed by atoms with E-state index < -0.39 is 42.1 Å². The van der Waals surface area contributed by atoms with Gasteiger partial charge >= 0.3 is 37.7 Å². The van der Waals surface area contributed by atoms with Crippen LogP contribution in [0.25, 0.3) is 0 Å². The topological polar surface area (TPSA) is 170 Å². The molecule has 60 valence electrons. The summed E-state index contributed by atoms with van der Waals surface area (Å²) < 4.78 is 51.4. The first-order chi connectivity index (χ1) is 3.46. The molecule has 0 spiro atoms. The van der Waals surface area contributed by atoms with Gasteiger partial charge in [-0.15, -0.1) is 0 Å². The van der Waals surface area contributed by atoms with Crippen molar-refractivity contribution >= 4 is 37.7 Å². The molecule has 0 saturated heterocycles. The van der Waals surface area contributed by atoms with Crippen molar-refractivity contribution in [1.82, 2.24) is 0 Å². The molecule has 0 atom stereocenters. The minimum atomic E-state index is -4.01. The summed E-state index contributed by atoms with van der Waals surface area (Å²) in [5.41, 5.74) is 0. The fourth-order valence-corrected chi connectivity index (χ4v) is 0. The SMILES string of the molecule is O.[Ca+2].[O-][I+2]([O-])[O-].[O-][I+2]([O-])[O-]. The van der Waals surface area contributed by atoms with Gasteiger partial charge in [-0.1, -0.05) is 0 Å². The Balaban J connectivity index is -0.0000000300. The second-order valence-corrected chi connectivity index (χ2v) is 2.54. The quantitative estimate of drug-likeness (QED) is 0.285. The summed E-state index contributed by atoms with van der Waals surface area (Å²) in [5, 5.41) is 0. The van der Waals surface area contributed by atoms with E-state index >= 15 is 0 Å². The van der Waals surface area contributed by atoms with Crippen LogP contribution in [0.1, 0.15) is 0 Å². The number of rotatable bonds is 0. The van der Waals surface area contributed by atoms with E-state index in [0.29, 0.717) is 0 Å². The molecule has 0 aliphatic heterocycles. The van der Waals surface area contributed by atoms with Crippen LogP contribution in [0.2, 0.25) is 0 Å². The minimum absolute atomic E-state index is 0. The normalized spacial score (nSPS) is 7.20.